The molecule has 1 aliphatic rings. The summed E-state index contributed by atoms with van der Waals surface area (Å²) < 4.78 is 29.5. The number of hydrogen-bond acceptors (Lipinski definition) is 6. The van der Waals surface area contributed by atoms with E-state index < -0.39 is 10.0 Å². The highest BCUT2D eigenvalue weighted by Gasteiger charge is 2.26. The summed E-state index contributed by atoms with van der Waals surface area (Å²) in [6.45, 7) is 1.25. The van der Waals surface area contributed by atoms with Crippen molar-refractivity contribution < 1.29 is 13.2 Å². The Kier molecular flexibility index (Phi) is 5.39. The first kappa shape index (κ1) is 20.2. The molecule has 0 saturated carbocycles. The monoisotopic (exact) mass is 430 g/mol. The van der Waals surface area contributed by atoms with E-state index >= 15 is 0 Å². The molecule has 3 aromatic rings. The number of benzene rings is 1. The highest BCUT2D eigenvalue weighted by molar-refractivity contribution is 7.89. The Bertz CT molecular complexity index is 1240. The number of aromatic nitrogens is 4. The summed E-state index contributed by atoms with van der Waals surface area (Å²) in [5.74, 6) is -0.289. The van der Waals surface area contributed by atoms with Crippen LogP contribution >= 0.6 is 0 Å². The Balaban J connectivity index is 1.38. The first-order valence-electron chi connectivity index (χ1n) is 9.63. The summed E-state index contributed by atoms with van der Waals surface area (Å²) in [5, 5.41) is 7.13. The maximum absolute atomic E-state index is 12.5. The third kappa shape index (κ3) is 3.85. The van der Waals surface area contributed by atoms with Crippen molar-refractivity contribution in [2.45, 2.75) is 30.7 Å². The lowest BCUT2D eigenvalue weighted by atomic mass is 10.3. The fourth-order valence-corrected chi connectivity index (χ4v) is 4.98. The number of aryl methyl sites for hydroxylation is 2. The van der Waals surface area contributed by atoms with Crippen LogP contribution in [0.3, 0.4) is 0 Å². The van der Waals surface area contributed by atoms with Crippen LogP contribution in [-0.2, 0) is 28.4 Å². The highest BCUT2D eigenvalue weighted by atomic mass is 32.2. The van der Waals surface area contributed by atoms with Gasteiger partial charge >= 0.3 is 0 Å². The predicted molar refractivity (Wildman–Crippen MR) is 110 cm³/mol. The molecule has 1 amide bonds. The van der Waals surface area contributed by atoms with Crippen LogP contribution in [0.25, 0.3) is 11.0 Å². The van der Waals surface area contributed by atoms with Crippen molar-refractivity contribution in [2.75, 3.05) is 18.4 Å². The number of fused-ring (bicyclic) bond motifs is 1. The van der Waals surface area contributed by atoms with Crippen LogP contribution < -0.4 is 10.9 Å². The minimum atomic E-state index is -3.48. The van der Waals surface area contributed by atoms with Gasteiger partial charge in [0, 0.05) is 38.8 Å². The molecule has 0 spiro atoms. The fourth-order valence-electron chi connectivity index (χ4n) is 3.46. The fraction of sp³-hybridized carbons (Fsp3) is 0.368. The van der Waals surface area contributed by atoms with Crippen molar-refractivity contribution in [3.63, 3.8) is 0 Å². The van der Waals surface area contributed by atoms with Gasteiger partial charge < -0.3 is 5.32 Å². The molecule has 1 fully saturated rings. The van der Waals surface area contributed by atoms with Gasteiger partial charge in [-0.15, -0.1) is 0 Å². The van der Waals surface area contributed by atoms with Gasteiger partial charge in [-0.05, 0) is 37.1 Å². The van der Waals surface area contributed by atoms with Crippen molar-refractivity contribution in [3.8, 4) is 0 Å². The van der Waals surface area contributed by atoms with Crippen LogP contribution in [0.5, 0.6) is 0 Å². The van der Waals surface area contributed by atoms with Gasteiger partial charge in [-0.2, -0.15) is 9.40 Å². The van der Waals surface area contributed by atoms with Gasteiger partial charge in [0.2, 0.25) is 15.9 Å². The maximum atomic E-state index is 12.5. The third-order valence-corrected chi connectivity index (χ3v) is 7.05. The number of sulfonamides is 1. The molecule has 0 unspecified atom stereocenters. The molecule has 11 heteroatoms. The van der Waals surface area contributed by atoms with Crippen molar-refractivity contribution in [1.29, 1.82) is 0 Å². The Morgan fingerprint density at radius 3 is 2.57 bits per heavy atom. The lowest BCUT2D eigenvalue weighted by molar-refractivity contribution is -0.116. The normalized spacial score (nSPS) is 15.0. The topological polar surface area (TPSA) is 119 Å². The molecule has 2 aromatic heterocycles. The molecular weight excluding hydrogens is 408 g/mol. The Morgan fingerprint density at radius 2 is 1.87 bits per heavy atom. The van der Waals surface area contributed by atoms with Crippen LogP contribution in [0.4, 0.5) is 5.69 Å². The predicted octanol–water partition coefficient (Wildman–Crippen LogP) is 0.943. The second-order valence-electron chi connectivity index (χ2n) is 7.18. The zero-order valence-electron chi connectivity index (χ0n) is 16.5. The van der Waals surface area contributed by atoms with E-state index in [0.717, 1.165) is 12.8 Å². The molecule has 0 atom stereocenters. The zero-order chi connectivity index (χ0) is 21.3. The molecule has 30 heavy (non-hydrogen) atoms. The van der Waals surface area contributed by atoms with E-state index in [0.29, 0.717) is 29.8 Å². The second kappa shape index (κ2) is 8.00. The number of amides is 1. The Morgan fingerprint density at radius 1 is 1.17 bits per heavy atom. The average Bonchev–Trinajstić information content (AvgIpc) is 3.39. The lowest BCUT2D eigenvalue weighted by Crippen LogP contribution is -2.27. The maximum Gasteiger partial charge on any atom is 0.264 e. The molecule has 0 radical (unpaired) electrons. The summed E-state index contributed by atoms with van der Waals surface area (Å²) in [6, 6.07) is 6.12. The minimum absolute atomic E-state index is 0.0706. The van der Waals surface area contributed by atoms with Gasteiger partial charge in [-0.1, -0.05) is 0 Å². The van der Waals surface area contributed by atoms with Crippen LogP contribution in [0, 0.1) is 0 Å². The number of hydrogen-bond donors (Lipinski definition) is 1. The average molecular weight is 430 g/mol. The quantitative estimate of drug-likeness (QED) is 0.622. The third-order valence-electron chi connectivity index (χ3n) is 5.14. The molecule has 10 nitrogen and oxygen atoms in total. The van der Waals surface area contributed by atoms with E-state index in [2.05, 4.69) is 15.4 Å². The van der Waals surface area contributed by atoms with Crippen LogP contribution in [-0.4, -0.2) is 51.1 Å². The highest BCUT2D eigenvalue weighted by Crippen LogP contribution is 2.22. The number of carbonyl (C=O) groups excluding carboxylic acids is 1. The molecule has 1 N–H and O–H groups in total. The summed E-state index contributed by atoms with van der Waals surface area (Å²) in [7, 11) is -1.78. The Labute approximate surface area is 173 Å². The molecular formula is C19H22N6O4S. The first-order valence-corrected chi connectivity index (χ1v) is 11.1. The van der Waals surface area contributed by atoms with Crippen molar-refractivity contribution in [1.82, 2.24) is 23.6 Å². The second-order valence-corrected chi connectivity index (χ2v) is 9.12. The molecule has 4 rings (SSSR count). The zero-order valence-corrected chi connectivity index (χ0v) is 17.3. The van der Waals surface area contributed by atoms with Gasteiger partial charge in [-0.25, -0.2) is 13.4 Å². The number of anilines is 1. The number of carbonyl (C=O) groups is 1. The standard InChI is InChI=1S/C19H22N6O4S/c1-23-18-16(12-21-23)19(27)24(13-20-18)11-8-17(26)22-14-4-6-15(7-5-14)30(28,29)25-9-2-3-10-25/h4-7,12-13H,2-3,8-11H2,1H3,(H,22,26). The SMILES string of the molecule is Cn1ncc2c(=O)n(CCC(=O)Nc3ccc(S(=O)(=O)N4CCCC4)cc3)cnc21. The summed E-state index contributed by atoms with van der Waals surface area (Å²) in [6.07, 6.45) is 4.68. The van der Waals surface area contributed by atoms with Gasteiger partial charge in [0.15, 0.2) is 5.65 Å². The summed E-state index contributed by atoms with van der Waals surface area (Å²) in [5.41, 5.74) is 0.732. The molecule has 158 valence electrons. The van der Waals surface area contributed by atoms with Gasteiger partial charge in [-0.3, -0.25) is 18.8 Å². The molecule has 1 saturated heterocycles. The van der Waals surface area contributed by atoms with Gasteiger partial charge in [0.1, 0.15) is 5.39 Å². The van der Waals surface area contributed by atoms with E-state index in [1.54, 1.807) is 19.2 Å². The van der Waals surface area contributed by atoms with E-state index in [1.807, 2.05) is 0 Å². The van der Waals surface area contributed by atoms with E-state index in [1.165, 1.54) is 38.2 Å². The lowest BCUT2D eigenvalue weighted by Gasteiger charge is -2.15. The van der Waals surface area contributed by atoms with E-state index in [9.17, 15) is 18.0 Å². The van der Waals surface area contributed by atoms with Gasteiger partial charge in [0.25, 0.3) is 5.56 Å². The first-order chi connectivity index (χ1) is 14.4. The Hall–Kier alpha value is -3.05. The van der Waals surface area contributed by atoms with Crippen molar-refractivity contribution >= 4 is 32.7 Å². The number of nitrogens with one attached hydrogen (secondary N) is 1. The van der Waals surface area contributed by atoms with Crippen LogP contribution in [0.15, 0.2) is 46.5 Å². The van der Waals surface area contributed by atoms with Crippen molar-refractivity contribution in [2.24, 2.45) is 7.05 Å². The molecule has 3 heterocycles. The minimum Gasteiger partial charge on any atom is -0.326 e. The van der Waals surface area contributed by atoms with Gasteiger partial charge in [0.05, 0.1) is 17.4 Å². The molecule has 1 aromatic carbocycles. The number of rotatable bonds is 6. The molecule has 1 aliphatic heterocycles. The number of nitrogens with zero attached hydrogens (tertiary/aromatic N) is 5. The summed E-state index contributed by atoms with van der Waals surface area (Å²) >= 11 is 0. The van der Waals surface area contributed by atoms with Crippen LogP contribution in [0.2, 0.25) is 0 Å². The largest absolute Gasteiger partial charge is 0.326 e. The van der Waals surface area contributed by atoms with E-state index in [-0.39, 0.29) is 29.3 Å². The van der Waals surface area contributed by atoms with Crippen molar-refractivity contribution in [3.05, 3.63) is 47.1 Å². The molecule has 0 bridgehead atoms. The molecule has 0 aliphatic carbocycles. The van der Waals surface area contributed by atoms with Crippen LogP contribution in [0.1, 0.15) is 19.3 Å². The van der Waals surface area contributed by atoms with E-state index in [4.69, 9.17) is 0 Å². The summed E-state index contributed by atoms with van der Waals surface area (Å²) in [4.78, 5) is 29.1. The smallest absolute Gasteiger partial charge is 0.264 e.